The number of ketones is 1. The zero-order valence-electron chi connectivity index (χ0n) is 16.4. The van der Waals surface area contributed by atoms with Crippen molar-refractivity contribution in [2.45, 2.75) is 89.8 Å². The van der Waals surface area contributed by atoms with Gasteiger partial charge in [0.2, 0.25) is 0 Å². The van der Waals surface area contributed by atoms with Crippen LogP contribution in [0.2, 0.25) is 0 Å². The van der Waals surface area contributed by atoms with Crippen LogP contribution in [0.3, 0.4) is 0 Å². The van der Waals surface area contributed by atoms with Crippen LogP contribution in [0.1, 0.15) is 77.6 Å². The molecule has 5 nitrogen and oxygen atoms in total. The molecular weight excluding hydrogens is 332 g/mol. The van der Waals surface area contributed by atoms with Gasteiger partial charge in [0.1, 0.15) is 5.78 Å². The number of carbonyl (C=O) groups is 2. The molecule has 0 spiro atoms. The molecule has 1 aliphatic carbocycles. The number of Topliss-reactive ketones (excluding diaryl/α,β-unsaturated/α-hetero) is 1. The number of aliphatic hydroxyl groups excluding tert-OH is 2. The maximum Gasteiger partial charge on any atom is 0.305 e. The predicted molar refractivity (Wildman–Crippen MR) is 102 cm³/mol. The van der Waals surface area contributed by atoms with Gasteiger partial charge in [0.25, 0.3) is 0 Å². The molecule has 1 unspecified atom stereocenters. The highest BCUT2D eigenvalue weighted by molar-refractivity contribution is 5.84. The van der Waals surface area contributed by atoms with Gasteiger partial charge in [-0.3, -0.25) is 9.59 Å². The van der Waals surface area contributed by atoms with Gasteiger partial charge in [-0.2, -0.15) is 0 Å². The first-order chi connectivity index (χ1) is 12.5. The Kier molecular flexibility index (Phi) is 11.5. The summed E-state index contributed by atoms with van der Waals surface area (Å²) in [5.74, 6) is -0.382. The molecule has 0 aromatic carbocycles. The Morgan fingerprint density at radius 1 is 1.23 bits per heavy atom. The van der Waals surface area contributed by atoms with Crippen molar-refractivity contribution >= 4 is 11.8 Å². The standard InChI is InChI=1S/C21H36O5/c1-3-4-7-10-16(22)13-14-18-17(19(23)15-20(18)24)11-8-5-6-9-12-21(25)26-2/h13-14,16-18,20,22,24H,3-12,15H2,1-2H3/b14-13+/t16?,17-,18-,20-/m1/s1. The van der Waals surface area contributed by atoms with E-state index in [4.69, 9.17) is 0 Å². The number of methoxy groups -OCH3 is 1. The molecule has 0 amide bonds. The summed E-state index contributed by atoms with van der Waals surface area (Å²) < 4.78 is 4.62. The Balaban J connectivity index is 2.37. The van der Waals surface area contributed by atoms with Gasteiger partial charge in [-0.15, -0.1) is 0 Å². The third-order valence-corrected chi connectivity index (χ3v) is 5.27. The lowest BCUT2D eigenvalue weighted by Gasteiger charge is -2.18. The lowest BCUT2D eigenvalue weighted by Crippen LogP contribution is -2.19. The molecule has 0 radical (unpaired) electrons. The molecule has 2 N–H and O–H groups in total. The van der Waals surface area contributed by atoms with Crippen molar-refractivity contribution in [1.82, 2.24) is 0 Å². The van der Waals surface area contributed by atoms with Crippen molar-refractivity contribution in [1.29, 1.82) is 0 Å². The van der Waals surface area contributed by atoms with Crippen LogP contribution in [-0.4, -0.2) is 41.3 Å². The first-order valence-electron chi connectivity index (χ1n) is 10.1. The molecule has 1 fully saturated rings. The van der Waals surface area contributed by atoms with Crippen LogP contribution in [0.4, 0.5) is 0 Å². The van der Waals surface area contributed by atoms with E-state index in [1.165, 1.54) is 7.11 Å². The Labute approximate surface area is 157 Å². The summed E-state index contributed by atoms with van der Waals surface area (Å²) in [4.78, 5) is 23.2. The number of aliphatic hydroxyl groups is 2. The van der Waals surface area contributed by atoms with E-state index in [-0.39, 0.29) is 30.0 Å². The largest absolute Gasteiger partial charge is 0.469 e. The van der Waals surface area contributed by atoms with Crippen molar-refractivity contribution in [2.24, 2.45) is 11.8 Å². The molecule has 0 aliphatic heterocycles. The van der Waals surface area contributed by atoms with Crippen molar-refractivity contribution in [3.05, 3.63) is 12.2 Å². The summed E-state index contributed by atoms with van der Waals surface area (Å²) in [6, 6.07) is 0. The minimum absolute atomic E-state index is 0.127. The van der Waals surface area contributed by atoms with E-state index in [9.17, 15) is 19.8 Å². The molecule has 150 valence electrons. The third kappa shape index (κ3) is 8.45. The van der Waals surface area contributed by atoms with Crippen LogP contribution >= 0.6 is 0 Å². The van der Waals surface area contributed by atoms with E-state index in [0.29, 0.717) is 6.42 Å². The number of carbonyl (C=O) groups excluding carboxylic acids is 2. The SMILES string of the molecule is CCCCCC(O)/C=C/[C@H]1[C@H](O)CC(=O)[C@@H]1CCCCCCC(=O)OC. The monoisotopic (exact) mass is 368 g/mol. The molecule has 26 heavy (non-hydrogen) atoms. The lowest BCUT2D eigenvalue weighted by atomic mass is 9.88. The molecule has 0 heterocycles. The smallest absolute Gasteiger partial charge is 0.305 e. The first kappa shape index (κ1) is 22.8. The van der Waals surface area contributed by atoms with Crippen LogP contribution in [0.5, 0.6) is 0 Å². The minimum Gasteiger partial charge on any atom is -0.469 e. The van der Waals surface area contributed by atoms with Gasteiger partial charge >= 0.3 is 5.97 Å². The van der Waals surface area contributed by atoms with Crippen molar-refractivity contribution < 1.29 is 24.5 Å². The Morgan fingerprint density at radius 2 is 1.96 bits per heavy atom. The van der Waals surface area contributed by atoms with Gasteiger partial charge in [0, 0.05) is 24.7 Å². The second-order valence-electron chi connectivity index (χ2n) is 7.40. The minimum atomic E-state index is -0.633. The summed E-state index contributed by atoms with van der Waals surface area (Å²) in [6.07, 6.45) is 11.5. The lowest BCUT2D eigenvalue weighted by molar-refractivity contribution is -0.140. The van der Waals surface area contributed by atoms with E-state index in [2.05, 4.69) is 11.7 Å². The maximum atomic E-state index is 12.2. The zero-order chi connectivity index (χ0) is 19.4. The molecule has 1 aliphatic rings. The number of hydrogen-bond acceptors (Lipinski definition) is 5. The van der Waals surface area contributed by atoms with E-state index in [1.54, 1.807) is 6.08 Å². The van der Waals surface area contributed by atoms with Gasteiger partial charge in [0.05, 0.1) is 19.3 Å². The molecular formula is C21H36O5. The Morgan fingerprint density at radius 3 is 2.65 bits per heavy atom. The number of ether oxygens (including phenoxy) is 1. The van der Waals surface area contributed by atoms with Crippen LogP contribution in [0.25, 0.3) is 0 Å². The topological polar surface area (TPSA) is 83.8 Å². The third-order valence-electron chi connectivity index (χ3n) is 5.27. The number of rotatable bonds is 13. The Bertz CT molecular complexity index is 446. The van der Waals surface area contributed by atoms with E-state index < -0.39 is 12.2 Å². The van der Waals surface area contributed by atoms with Crippen LogP contribution in [-0.2, 0) is 14.3 Å². The molecule has 1 saturated carbocycles. The molecule has 0 bridgehead atoms. The van der Waals surface area contributed by atoms with E-state index in [1.807, 2.05) is 6.08 Å². The summed E-state index contributed by atoms with van der Waals surface area (Å²) >= 11 is 0. The summed E-state index contributed by atoms with van der Waals surface area (Å²) in [6.45, 7) is 2.13. The fraction of sp³-hybridized carbons (Fsp3) is 0.810. The highest BCUT2D eigenvalue weighted by atomic mass is 16.5. The van der Waals surface area contributed by atoms with Crippen molar-refractivity contribution in [2.75, 3.05) is 7.11 Å². The second kappa shape index (κ2) is 13.0. The molecule has 5 heteroatoms. The predicted octanol–water partition coefficient (Wildman–Crippen LogP) is 3.56. The van der Waals surface area contributed by atoms with Crippen molar-refractivity contribution in [3.63, 3.8) is 0 Å². The van der Waals surface area contributed by atoms with Crippen LogP contribution < -0.4 is 0 Å². The second-order valence-corrected chi connectivity index (χ2v) is 7.40. The summed E-state index contributed by atoms with van der Waals surface area (Å²) in [5, 5.41) is 20.2. The average Bonchev–Trinajstić information content (AvgIpc) is 2.89. The molecule has 0 aromatic heterocycles. The fourth-order valence-corrected chi connectivity index (χ4v) is 3.64. The quantitative estimate of drug-likeness (QED) is 0.295. The van der Waals surface area contributed by atoms with Gasteiger partial charge in [-0.05, 0) is 19.3 Å². The summed E-state index contributed by atoms with van der Waals surface area (Å²) in [7, 11) is 1.40. The van der Waals surface area contributed by atoms with Gasteiger partial charge in [0.15, 0.2) is 0 Å². The average molecular weight is 369 g/mol. The van der Waals surface area contributed by atoms with E-state index in [0.717, 1.165) is 57.8 Å². The van der Waals surface area contributed by atoms with Crippen LogP contribution in [0.15, 0.2) is 12.2 Å². The molecule has 4 atom stereocenters. The van der Waals surface area contributed by atoms with Crippen molar-refractivity contribution in [3.8, 4) is 0 Å². The highest BCUT2D eigenvalue weighted by Gasteiger charge is 2.39. The first-order valence-corrected chi connectivity index (χ1v) is 10.1. The highest BCUT2D eigenvalue weighted by Crippen LogP contribution is 2.34. The van der Waals surface area contributed by atoms with Gasteiger partial charge in [-0.1, -0.05) is 57.6 Å². The maximum absolute atomic E-state index is 12.2. The Hall–Kier alpha value is -1.20. The fourth-order valence-electron chi connectivity index (χ4n) is 3.64. The number of hydrogen-bond donors (Lipinski definition) is 2. The molecule has 0 saturated heterocycles. The number of esters is 1. The van der Waals surface area contributed by atoms with Crippen LogP contribution in [0, 0.1) is 11.8 Å². The number of unbranched alkanes of at least 4 members (excludes halogenated alkanes) is 5. The van der Waals surface area contributed by atoms with Gasteiger partial charge in [-0.25, -0.2) is 0 Å². The van der Waals surface area contributed by atoms with Gasteiger partial charge < -0.3 is 14.9 Å². The summed E-state index contributed by atoms with van der Waals surface area (Å²) in [5.41, 5.74) is 0. The normalized spacial score (nSPS) is 24.3. The molecule has 0 aromatic rings. The van der Waals surface area contributed by atoms with E-state index >= 15 is 0 Å². The molecule has 1 rings (SSSR count). The zero-order valence-corrected chi connectivity index (χ0v) is 16.4.